The first-order chi connectivity index (χ1) is 7.72. The van der Waals surface area contributed by atoms with E-state index in [0.717, 1.165) is 29.4 Å². The molecule has 0 radical (unpaired) electrons. The maximum absolute atomic E-state index is 8.63. The second-order valence-corrected chi connectivity index (χ2v) is 5.92. The van der Waals surface area contributed by atoms with E-state index in [0.29, 0.717) is 5.19 Å². The van der Waals surface area contributed by atoms with E-state index in [2.05, 4.69) is 10.2 Å². The topological polar surface area (TPSA) is 55.2 Å². The molecular formula is C10H18N2O2S2. The van der Waals surface area contributed by atoms with Crippen LogP contribution in [0.15, 0.2) is 4.34 Å². The first-order valence-corrected chi connectivity index (χ1v) is 7.26. The molecule has 1 aromatic rings. The number of aliphatic hydroxyl groups excluding tert-OH is 1. The van der Waals surface area contributed by atoms with Gasteiger partial charge in [-0.05, 0) is 38.0 Å². The van der Waals surface area contributed by atoms with E-state index in [1.807, 2.05) is 13.8 Å². The zero-order chi connectivity index (χ0) is 11.8. The average Bonchev–Trinajstić information content (AvgIpc) is 2.64. The maximum Gasteiger partial charge on any atom is 0.295 e. The average molecular weight is 262 g/mol. The molecule has 16 heavy (non-hydrogen) atoms. The predicted molar refractivity (Wildman–Crippen MR) is 67.3 cm³/mol. The Bertz CT molecular complexity index is 292. The lowest BCUT2D eigenvalue weighted by atomic mass is 10.3. The Hall–Kier alpha value is -0.330. The number of ether oxygens (including phenoxy) is 1. The second-order valence-electron chi connectivity index (χ2n) is 3.63. The third-order valence-electron chi connectivity index (χ3n) is 1.75. The van der Waals surface area contributed by atoms with Crippen LogP contribution in [0.25, 0.3) is 0 Å². The van der Waals surface area contributed by atoms with Crippen molar-refractivity contribution >= 4 is 23.1 Å². The van der Waals surface area contributed by atoms with Gasteiger partial charge in [-0.25, -0.2) is 0 Å². The molecule has 0 spiro atoms. The van der Waals surface area contributed by atoms with E-state index in [1.165, 1.54) is 11.3 Å². The van der Waals surface area contributed by atoms with Gasteiger partial charge in [0.05, 0.1) is 6.10 Å². The van der Waals surface area contributed by atoms with Crippen LogP contribution < -0.4 is 4.74 Å². The lowest BCUT2D eigenvalue weighted by Gasteiger charge is -2.02. The number of aromatic nitrogens is 2. The molecule has 0 aromatic carbocycles. The van der Waals surface area contributed by atoms with Crippen LogP contribution >= 0.6 is 23.1 Å². The summed E-state index contributed by atoms with van der Waals surface area (Å²) in [5.74, 6) is 1.02. The second kappa shape index (κ2) is 7.86. The zero-order valence-electron chi connectivity index (χ0n) is 9.68. The molecule has 1 heterocycles. The van der Waals surface area contributed by atoms with Crippen molar-refractivity contribution in [1.82, 2.24) is 10.2 Å². The van der Waals surface area contributed by atoms with Gasteiger partial charge in [0.15, 0.2) is 4.34 Å². The van der Waals surface area contributed by atoms with Gasteiger partial charge in [0.1, 0.15) is 0 Å². The molecule has 0 bridgehead atoms. The number of unbranched alkanes of at least 4 members (excludes halogenated alkanes) is 2. The fraction of sp³-hybridized carbons (Fsp3) is 0.800. The minimum atomic E-state index is 0.148. The van der Waals surface area contributed by atoms with Crippen molar-refractivity contribution in [3.63, 3.8) is 0 Å². The van der Waals surface area contributed by atoms with E-state index < -0.39 is 0 Å². The Morgan fingerprint density at radius 3 is 2.81 bits per heavy atom. The van der Waals surface area contributed by atoms with Crippen LogP contribution in [0.1, 0.15) is 33.1 Å². The standard InChI is InChI=1S/C10H18N2O2S2/c1-8(2)14-9-11-12-10(16-9)15-7-5-3-4-6-13/h8,13H,3-7H2,1-2H3. The van der Waals surface area contributed by atoms with Crippen molar-refractivity contribution in [3.05, 3.63) is 0 Å². The summed E-state index contributed by atoms with van der Waals surface area (Å²) in [6.45, 7) is 4.24. The molecule has 0 unspecified atom stereocenters. The Morgan fingerprint density at radius 1 is 1.31 bits per heavy atom. The minimum Gasteiger partial charge on any atom is -0.466 e. The number of rotatable bonds is 8. The van der Waals surface area contributed by atoms with Crippen LogP contribution in [0.5, 0.6) is 5.19 Å². The monoisotopic (exact) mass is 262 g/mol. The summed E-state index contributed by atoms with van der Waals surface area (Å²) >= 11 is 3.20. The summed E-state index contributed by atoms with van der Waals surface area (Å²) in [6.07, 6.45) is 3.21. The normalized spacial score (nSPS) is 11.0. The first kappa shape index (κ1) is 13.7. The van der Waals surface area contributed by atoms with Crippen LogP contribution in [-0.2, 0) is 0 Å². The zero-order valence-corrected chi connectivity index (χ0v) is 11.3. The molecule has 0 aliphatic rings. The summed E-state index contributed by atoms with van der Waals surface area (Å²) in [6, 6.07) is 0. The molecule has 0 amide bonds. The lowest BCUT2D eigenvalue weighted by molar-refractivity contribution is 0.239. The number of nitrogens with zero attached hydrogens (tertiary/aromatic N) is 2. The molecule has 1 N–H and O–H groups in total. The smallest absolute Gasteiger partial charge is 0.295 e. The molecule has 0 fully saturated rings. The van der Waals surface area contributed by atoms with Gasteiger partial charge in [-0.1, -0.05) is 23.3 Å². The van der Waals surface area contributed by atoms with E-state index >= 15 is 0 Å². The van der Waals surface area contributed by atoms with E-state index in [-0.39, 0.29) is 12.7 Å². The third kappa shape index (κ3) is 5.67. The Balaban J connectivity index is 2.19. The summed E-state index contributed by atoms with van der Waals surface area (Å²) in [5.41, 5.74) is 0. The van der Waals surface area contributed by atoms with Gasteiger partial charge in [-0.3, -0.25) is 0 Å². The minimum absolute atomic E-state index is 0.148. The van der Waals surface area contributed by atoms with Gasteiger partial charge in [0.2, 0.25) is 0 Å². The van der Waals surface area contributed by atoms with Crippen molar-refractivity contribution in [1.29, 1.82) is 0 Å². The Labute approximate surface area is 104 Å². The summed E-state index contributed by atoms with van der Waals surface area (Å²) in [4.78, 5) is 0. The Morgan fingerprint density at radius 2 is 2.12 bits per heavy atom. The summed E-state index contributed by atoms with van der Waals surface area (Å²) in [5, 5.41) is 17.3. The van der Waals surface area contributed by atoms with Crippen molar-refractivity contribution in [2.24, 2.45) is 0 Å². The number of hydrogen-bond acceptors (Lipinski definition) is 6. The van der Waals surface area contributed by atoms with Crippen molar-refractivity contribution < 1.29 is 9.84 Å². The van der Waals surface area contributed by atoms with Gasteiger partial charge in [-0.2, -0.15) is 0 Å². The number of aliphatic hydroxyl groups is 1. The van der Waals surface area contributed by atoms with Gasteiger partial charge >= 0.3 is 0 Å². The molecule has 4 nitrogen and oxygen atoms in total. The fourth-order valence-electron chi connectivity index (χ4n) is 1.05. The Kier molecular flexibility index (Phi) is 6.75. The predicted octanol–water partition coefficient (Wildman–Crippen LogP) is 2.58. The third-order valence-corrected chi connectivity index (χ3v) is 3.79. The van der Waals surface area contributed by atoms with Crippen molar-refractivity contribution in [3.8, 4) is 5.19 Å². The molecule has 6 heteroatoms. The molecule has 92 valence electrons. The molecule has 1 aromatic heterocycles. The van der Waals surface area contributed by atoms with Crippen LogP contribution in [-0.4, -0.2) is 33.8 Å². The highest BCUT2D eigenvalue weighted by Gasteiger charge is 2.06. The van der Waals surface area contributed by atoms with Crippen LogP contribution in [0.2, 0.25) is 0 Å². The lowest BCUT2D eigenvalue weighted by Crippen LogP contribution is -2.04. The number of hydrogen-bond donors (Lipinski definition) is 1. The van der Waals surface area contributed by atoms with Crippen LogP contribution in [0, 0.1) is 0 Å². The van der Waals surface area contributed by atoms with Crippen LogP contribution in [0.3, 0.4) is 0 Å². The van der Waals surface area contributed by atoms with Gasteiger partial charge < -0.3 is 9.84 Å². The molecule has 0 saturated heterocycles. The van der Waals surface area contributed by atoms with Crippen molar-refractivity contribution in [2.45, 2.75) is 43.6 Å². The maximum atomic E-state index is 8.63. The van der Waals surface area contributed by atoms with Gasteiger partial charge in [-0.15, -0.1) is 5.10 Å². The first-order valence-electron chi connectivity index (χ1n) is 5.46. The van der Waals surface area contributed by atoms with Crippen LogP contribution in [0.4, 0.5) is 0 Å². The SMILES string of the molecule is CC(C)Oc1nnc(SCCCCCO)s1. The fourth-order valence-corrected chi connectivity index (χ4v) is 2.93. The molecule has 0 aliphatic carbocycles. The summed E-state index contributed by atoms with van der Waals surface area (Å²) < 4.78 is 6.40. The van der Waals surface area contributed by atoms with Gasteiger partial charge in [0.25, 0.3) is 5.19 Å². The van der Waals surface area contributed by atoms with E-state index in [1.54, 1.807) is 11.8 Å². The van der Waals surface area contributed by atoms with Gasteiger partial charge in [0, 0.05) is 12.4 Å². The quantitative estimate of drug-likeness (QED) is 0.576. The van der Waals surface area contributed by atoms with E-state index in [9.17, 15) is 0 Å². The van der Waals surface area contributed by atoms with Crippen molar-refractivity contribution in [2.75, 3.05) is 12.4 Å². The largest absolute Gasteiger partial charge is 0.466 e. The molecule has 0 saturated carbocycles. The highest BCUT2D eigenvalue weighted by atomic mass is 32.2. The molecule has 1 rings (SSSR count). The van der Waals surface area contributed by atoms with E-state index in [4.69, 9.17) is 9.84 Å². The highest BCUT2D eigenvalue weighted by Crippen LogP contribution is 2.28. The summed E-state index contributed by atoms with van der Waals surface area (Å²) in [7, 11) is 0. The number of thioether (sulfide) groups is 1. The molecule has 0 atom stereocenters. The molecule has 0 aliphatic heterocycles. The highest BCUT2D eigenvalue weighted by molar-refractivity contribution is 8.01. The molecular weight excluding hydrogens is 244 g/mol.